The van der Waals surface area contributed by atoms with Crippen molar-refractivity contribution in [3.63, 3.8) is 0 Å². The van der Waals surface area contributed by atoms with E-state index in [1.807, 2.05) is 6.92 Å². The normalized spacial score (nSPS) is 22.9. The van der Waals surface area contributed by atoms with Crippen LogP contribution in [-0.4, -0.2) is 46.7 Å². The van der Waals surface area contributed by atoms with Gasteiger partial charge >= 0.3 is 5.97 Å². The SMILES string of the molecule is CCCOC1=C(O)[C@@H]([C@@H](O)CO)OC1=O. The van der Waals surface area contributed by atoms with Crippen molar-refractivity contribution < 1.29 is 29.6 Å². The molecule has 0 fully saturated rings. The number of cyclic esters (lactones) is 1. The minimum absolute atomic E-state index is 0.274. The highest BCUT2D eigenvalue weighted by Gasteiger charge is 2.40. The maximum absolute atomic E-state index is 11.2. The molecule has 1 aliphatic heterocycles. The largest absolute Gasteiger partial charge is 0.505 e. The van der Waals surface area contributed by atoms with Gasteiger partial charge in [-0.25, -0.2) is 4.79 Å². The Labute approximate surface area is 86.7 Å². The van der Waals surface area contributed by atoms with Gasteiger partial charge < -0.3 is 24.8 Å². The first kappa shape index (κ1) is 11.8. The van der Waals surface area contributed by atoms with Crippen LogP contribution in [0.1, 0.15) is 13.3 Å². The number of carbonyl (C=O) groups excluding carboxylic acids is 1. The first-order valence-electron chi connectivity index (χ1n) is 4.67. The van der Waals surface area contributed by atoms with Crippen LogP contribution in [0.3, 0.4) is 0 Å². The summed E-state index contributed by atoms with van der Waals surface area (Å²) in [5.41, 5.74) is 0. The third kappa shape index (κ3) is 2.40. The van der Waals surface area contributed by atoms with E-state index in [2.05, 4.69) is 4.74 Å². The van der Waals surface area contributed by atoms with Crippen LogP contribution in [0, 0.1) is 0 Å². The summed E-state index contributed by atoms with van der Waals surface area (Å²) >= 11 is 0. The topological polar surface area (TPSA) is 96.2 Å². The highest BCUT2D eigenvalue weighted by Crippen LogP contribution is 2.23. The van der Waals surface area contributed by atoms with Crippen molar-refractivity contribution in [2.24, 2.45) is 0 Å². The number of aliphatic hydroxyl groups is 3. The lowest BCUT2D eigenvalue weighted by Gasteiger charge is -2.13. The Morgan fingerprint density at radius 3 is 2.80 bits per heavy atom. The molecule has 2 atom stereocenters. The van der Waals surface area contributed by atoms with Crippen LogP contribution in [0.25, 0.3) is 0 Å². The molecule has 3 N–H and O–H groups in total. The van der Waals surface area contributed by atoms with E-state index >= 15 is 0 Å². The predicted octanol–water partition coefficient (Wildman–Crippen LogP) is -0.539. The number of hydrogen-bond acceptors (Lipinski definition) is 6. The van der Waals surface area contributed by atoms with Crippen molar-refractivity contribution in [2.45, 2.75) is 25.6 Å². The van der Waals surface area contributed by atoms with Crippen LogP contribution in [-0.2, 0) is 14.3 Å². The molecule has 0 spiro atoms. The lowest BCUT2D eigenvalue weighted by Crippen LogP contribution is -2.31. The van der Waals surface area contributed by atoms with Crippen LogP contribution in [0.2, 0.25) is 0 Å². The van der Waals surface area contributed by atoms with E-state index in [-0.39, 0.29) is 12.4 Å². The zero-order chi connectivity index (χ0) is 11.4. The quantitative estimate of drug-likeness (QED) is 0.536. The first-order chi connectivity index (χ1) is 7.11. The Kier molecular flexibility index (Phi) is 3.93. The molecule has 6 heteroatoms. The standard InChI is InChI=1S/C9H14O6/c1-2-3-14-8-6(12)7(5(11)4-10)15-9(8)13/h5,7,10-12H,2-4H2,1H3/t5-,7+/m0/s1. The summed E-state index contributed by atoms with van der Waals surface area (Å²) in [6, 6.07) is 0. The second-order valence-electron chi connectivity index (χ2n) is 3.14. The molecule has 1 rings (SSSR count). The number of hydrogen-bond donors (Lipinski definition) is 3. The fraction of sp³-hybridized carbons (Fsp3) is 0.667. The molecule has 1 aliphatic rings. The molecule has 0 radical (unpaired) electrons. The van der Waals surface area contributed by atoms with Crippen LogP contribution >= 0.6 is 0 Å². The smallest absolute Gasteiger partial charge is 0.378 e. The first-order valence-corrected chi connectivity index (χ1v) is 4.67. The van der Waals surface area contributed by atoms with Gasteiger partial charge in [0.2, 0.25) is 5.76 Å². The second-order valence-corrected chi connectivity index (χ2v) is 3.14. The molecule has 0 unspecified atom stereocenters. The number of esters is 1. The van der Waals surface area contributed by atoms with Gasteiger partial charge in [-0.2, -0.15) is 0 Å². The zero-order valence-electron chi connectivity index (χ0n) is 8.34. The molecule has 0 saturated carbocycles. The van der Waals surface area contributed by atoms with Gasteiger partial charge in [0.05, 0.1) is 13.2 Å². The number of aliphatic hydroxyl groups excluding tert-OH is 3. The maximum Gasteiger partial charge on any atom is 0.378 e. The van der Waals surface area contributed by atoms with Crippen molar-refractivity contribution in [1.82, 2.24) is 0 Å². The van der Waals surface area contributed by atoms with E-state index in [0.29, 0.717) is 6.42 Å². The van der Waals surface area contributed by atoms with Crippen molar-refractivity contribution in [1.29, 1.82) is 0 Å². The maximum atomic E-state index is 11.2. The predicted molar refractivity (Wildman–Crippen MR) is 48.9 cm³/mol. The van der Waals surface area contributed by atoms with Gasteiger partial charge in [-0.15, -0.1) is 0 Å². The van der Waals surface area contributed by atoms with Gasteiger partial charge in [-0.3, -0.25) is 0 Å². The Hall–Kier alpha value is -1.27. The molecular formula is C9H14O6. The summed E-state index contributed by atoms with van der Waals surface area (Å²) in [4.78, 5) is 11.2. The van der Waals surface area contributed by atoms with Crippen LogP contribution in [0.15, 0.2) is 11.5 Å². The van der Waals surface area contributed by atoms with Gasteiger partial charge in [0.1, 0.15) is 6.10 Å². The summed E-state index contributed by atoms with van der Waals surface area (Å²) in [6.45, 7) is 1.51. The van der Waals surface area contributed by atoms with Gasteiger partial charge in [-0.1, -0.05) is 6.92 Å². The molecule has 0 bridgehead atoms. The summed E-state index contributed by atoms with van der Waals surface area (Å²) < 4.78 is 9.60. The van der Waals surface area contributed by atoms with E-state index in [4.69, 9.17) is 9.84 Å². The van der Waals surface area contributed by atoms with E-state index in [1.165, 1.54) is 0 Å². The third-order valence-corrected chi connectivity index (χ3v) is 1.91. The van der Waals surface area contributed by atoms with Crippen molar-refractivity contribution >= 4 is 5.97 Å². The van der Waals surface area contributed by atoms with E-state index in [9.17, 15) is 15.0 Å². The Balaban J connectivity index is 2.74. The molecule has 0 aliphatic carbocycles. The molecule has 0 saturated heterocycles. The average molecular weight is 218 g/mol. The Bertz CT molecular complexity index is 272. The van der Waals surface area contributed by atoms with Gasteiger partial charge in [0.25, 0.3) is 0 Å². The summed E-state index contributed by atoms with van der Waals surface area (Å²) in [5.74, 6) is -1.57. The molecule has 15 heavy (non-hydrogen) atoms. The average Bonchev–Trinajstić information content (AvgIpc) is 2.51. The molecule has 0 amide bonds. The molecule has 0 aromatic carbocycles. The highest BCUT2D eigenvalue weighted by molar-refractivity contribution is 5.89. The monoisotopic (exact) mass is 218 g/mol. The van der Waals surface area contributed by atoms with Crippen LogP contribution in [0.4, 0.5) is 0 Å². The van der Waals surface area contributed by atoms with Crippen molar-refractivity contribution in [3.8, 4) is 0 Å². The minimum atomic E-state index is -1.34. The van der Waals surface area contributed by atoms with Crippen molar-refractivity contribution in [2.75, 3.05) is 13.2 Å². The fourth-order valence-corrected chi connectivity index (χ4v) is 1.15. The Morgan fingerprint density at radius 2 is 2.27 bits per heavy atom. The van der Waals surface area contributed by atoms with Gasteiger partial charge in [-0.05, 0) is 6.42 Å². The molecule has 1 heterocycles. The van der Waals surface area contributed by atoms with E-state index < -0.39 is 30.5 Å². The van der Waals surface area contributed by atoms with E-state index in [1.54, 1.807) is 0 Å². The molecule has 0 aromatic heterocycles. The van der Waals surface area contributed by atoms with Gasteiger partial charge in [0.15, 0.2) is 11.9 Å². The summed E-state index contributed by atoms with van der Waals surface area (Å²) in [5, 5.41) is 27.3. The second kappa shape index (κ2) is 4.99. The van der Waals surface area contributed by atoms with Crippen molar-refractivity contribution in [3.05, 3.63) is 11.5 Å². The third-order valence-electron chi connectivity index (χ3n) is 1.91. The van der Waals surface area contributed by atoms with E-state index in [0.717, 1.165) is 0 Å². The van der Waals surface area contributed by atoms with Gasteiger partial charge in [0, 0.05) is 0 Å². The molecular weight excluding hydrogens is 204 g/mol. The summed E-state index contributed by atoms with van der Waals surface area (Å²) in [6.07, 6.45) is -1.89. The van der Waals surface area contributed by atoms with Crippen LogP contribution < -0.4 is 0 Å². The summed E-state index contributed by atoms with van der Waals surface area (Å²) in [7, 11) is 0. The molecule has 6 nitrogen and oxygen atoms in total. The fourth-order valence-electron chi connectivity index (χ4n) is 1.15. The number of carbonyl (C=O) groups is 1. The molecule has 86 valence electrons. The number of ether oxygens (including phenoxy) is 2. The lowest BCUT2D eigenvalue weighted by atomic mass is 10.2. The number of rotatable bonds is 5. The minimum Gasteiger partial charge on any atom is -0.505 e. The molecule has 0 aromatic rings. The Morgan fingerprint density at radius 1 is 1.60 bits per heavy atom. The zero-order valence-corrected chi connectivity index (χ0v) is 8.34. The van der Waals surface area contributed by atoms with Crippen LogP contribution in [0.5, 0.6) is 0 Å². The lowest BCUT2D eigenvalue weighted by molar-refractivity contribution is -0.148. The highest BCUT2D eigenvalue weighted by atomic mass is 16.6.